The standard InChI is InChI=1S/C19H26N4O3.2ClH/c24-18(23-7-5-15-3-1-2-4-17(15)23)13-21-8-10-22(11-9-21)19(25)16-14-26-12-6-20-16;;/h1-4,16,20H,5-14H2;2*1H. The van der Waals surface area contributed by atoms with Crippen molar-refractivity contribution in [2.45, 2.75) is 12.5 Å². The number of benzene rings is 1. The molecule has 3 heterocycles. The molecule has 2 saturated heterocycles. The van der Waals surface area contributed by atoms with Gasteiger partial charge in [-0.25, -0.2) is 0 Å². The summed E-state index contributed by atoms with van der Waals surface area (Å²) in [6.07, 6.45) is 0.931. The fourth-order valence-electron chi connectivity index (χ4n) is 3.94. The largest absolute Gasteiger partial charge is 0.378 e. The van der Waals surface area contributed by atoms with Crippen LogP contribution in [0.15, 0.2) is 24.3 Å². The van der Waals surface area contributed by atoms with E-state index in [1.807, 2.05) is 28.0 Å². The van der Waals surface area contributed by atoms with Gasteiger partial charge in [0.25, 0.3) is 0 Å². The van der Waals surface area contributed by atoms with Crippen LogP contribution in [0.5, 0.6) is 0 Å². The summed E-state index contributed by atoms with van der Waals surface area (Å²) in [7, 11) is 0. The lowest BCUT2D eigenvalue weighted by Crippen LogP contribution is -2.57. The third-order valence-electron chi connectivity index (χ3n) is 5.45. The van der Waals surface area contributed by atoms with E-state index in [2.05, 4.69) is 16.3 Å². The lowest BCUT2D eigenvalue weighted by molar-refractivity contribution is -0.138. The molecule has 7 nitrogen and oxygen atoms in total. The molecule has 1 atom stereocenters. The lowest BCUT2D eigenvalue weighted by atomic mass is 10.2. The first kappa shape index (κ1) is 22.9. The molecule has 4 rings (SSSR count). The average Bonchev–Trinajstić information content (AvgIpc) is 3.13. The van der Waals surface area contributed by atoms with Crippen LogP contribution in [0.2, 0.25) is 0 Å². The smallest absolute Gasteiger partial charge is 0.242 e. The molecule has 0 radical (unpaired) electrons. The molecule has 2 amide bonds. The molecule has 1 N–H and O–H groups in total. The second-order valence-corrected chi connectivity index (χ2v) is 7.11. The molecule has 9 heteroatoms. The number of nitrogens with one attached hydrogen (secondary N) is 1. The molecule has 2 fully saturated rings. The first-order chi connectivity index (χ1) is 12.7. The summed E-state index contributed by atoms with van der Waals surface area (Å²) >= 11 is 0. The molecule has 1 aromatic rings. The number of piperazine rings is 1. The zero-order valence-corrected chi connectivity index (χ0v) is 17.5. The van der Waals surface area contributed by atoms with E-state index in [1.54, 1.807) is 0 Å². The van der Waals surface area contributed by atoms with Gasteiger partial charge in [0.2, 0.25) is 11.8 Å². The van der Waals surface area contributed by atoms with Gasteiger partial charge >= 0.3 is 0 Å². The zero-order valence-electron chi connectivity index (χ0n) is 15.8. The number of nitrogens with zero attached hydrogens (tertiary/aromatic N) is 3. The molecular weight excluding hydrogens is 403 g/mol. The number of para-hydroxylation sites is 1. The third kappa shape index (κ3) is 4.96. The SMILES string of the molecule is Cl.Cl.O=C(C1COCCN1)N1CCN(CC(=O)N2CCc3ccccc32)CC1. The highest BCUT2D eigenvalue weighted by Crippen LogP contribution is 2.27. The van der Waals surface area contributed by atoms with Crippen molar-refractivity contribution >= 4 is 42.3 Å². The lowest BCUT2D eigenvalue weighted by Gasteiger charge is -2.37. The van der Waals surface area contributed by atoms with Gasteiger partial charge in [-0.1, -0.05) is 18.2 Å². The van der Waals surface area contributed by atoms with Crippen LogP contribution in [0.25, 0.3) is 0 Å². The van der Waals surface area contributed by atoms with Crippen LogP contribution in [-0.2, 0) is 20.7 Å². The fourth-order valence-corrected chi connectivity index (χ4v) is 3.94. The van der Waals surface area contributed by atoms with Crippen molar-refractivity contribution in [3.8, 4) is 0 Å². The van der Waals surface area contributed by atoms with E-state index in [-0.39, 0.29) is 42.7 Å². The predicted molar refractivity (Wildman–Crippen MR) is 113 cm³/mol. The second-order valence-electron chi connectivity index (χ2n) is 7.11. The second kappa shape index (κ2) is 10.4. The van der Waals surface area contributed by atoms with Gasteiger partial charge in [0.15, 0.2) is 0 Å². The summed E-state index contributed by atoms with van der Waals surface area (Å²) in [5.41, 5.74) is 2.30. The summed E-state index contributed by atoms with van der Waals surface area (Å²) in [6, 6.07) is 7.90. The highest BCUT2D eigenvalue weighted by Gasteiger charge is 2.30. The number of hydrogen-bond acceptors (Lipinski definition) is 5. The predicted octanol–water partition coefficient (Wildman–Crippen LogP) is 0.552. The molecule has 156 valence electrons. The number of carbonyl (C=O) groups is 2. The molecular formula is C19H28Cl2N4O3. The molecule has 0 aromatic heterocycles. The van der Waals surface area contributed by atoms with Gasteiger partial charge in [-0.05, 0) is 18.1 Å². The van der Waals surface area contributed by atoms with Crippen molar-refractivity contribution in [1.29, 1.82) is 0 Å². The number of hydrogen-bond donors (Lipinski definition) is 1. The van der Waals surface area contributed by atoms with Crippen molar-refractivity contribution in [3.63, 3.8) is 0 Å². The Labute approximate surface area is 178 Å². The molecule has 0 saturated carbocycles. The first-order valence-corrected chi connectivity index (χ1v) is 9.43. The normalized spacial score (nSPS) is 22.1. The minimum atomic E-state index is -0.224. The van der Waals surface area contributed by atoms with Crippen LogP contribution in [0, 0.1) is 0 Å². The Morgan fingerprint density at radius 2 is 1.82 bits per heavy atom. The Kier molecular flexibility index (Phi) is 8.52. The minimum absolute atomic E-state index is 0. The quantitative estimate of drug-likeness (QED) is 0.758. The summed E-state index contributed by atoms with van der Waals surface area (Å²) in [5, 5.41) is 3.22. The highest BCUT2D eigenvalue weighted by molar-refractivity contribution is 5.96. The number of amides is 2. The summed E-state index contributed by atoms with van der Waals surface area (Å²) in [6.45, 7) is 5.83. The van der Waals surface area contributed by atoms with Gasteiger partial charge in [-0.2, -0.15) is 0 Å². The average molecular weight is 431 g/mol. The molecule has 1 unspecified atom stereocenters. The monoisotopic (exact) mass is 430 g/mol. The van der Waals surface area contributed by atoms with Crippen LogP contribution in [0.3, 0.4) is 0 Å². The van der Waals surface area contributed by atoms with Crippen molar-refractivity contribution in [2.24, 2.45) is 0 Å². The summed E-state index contributed by atoms with van der Waals surface area (Å²) in [4.78, 5) is 31.2. The summed E-state index contributed by atoms with van der Waals surface area (Å²) in [5.74, 6) is 0.265. The number of ether oxygens (including phenoxy) is 1. The van der Waals surface area contributed by atoms with Gasteiger partial charge in [0.1, 0.15) is 6.04 Å². The third-order valence-corrected chi connectivity index (χ3v) is 5.45. The molecule has 0 aliphatic carbocycles. The Morgan fingerprint density at radius 3 is 2.54 bits per heavy atom. The zero-order chi connectivity index (χ0) is 17.9. The maximum absolute atomic E-state index is 12.7. The van der Waals surface area contributed by atoms with Gasteiger partial charge < -0.3 is 19.9 Å². The summed E-state index contributed by atoms with van der Waals surface area (Å²) < 4.78 is 5.38. The Hall–Kier alpha value is -1.38. The molecule has 3 aliphatic rings. The van der Waals surface area contributed by atoms with E-state index in [1.165, 1.54) is 5.56 Å². The van der Waals surface area contributed by atoms with Crippen LogP contribution in [0.1, 0.15) is 5.56 Å². The molecule has 1 aromatic carbocycles. The van der Waals surface area contributed by atoms with E-state index < -0.39 is 0 Å². The van der Waals surface area contributed by atoms with E-state index >= 15 is 0 Å². The molecule has 0 spiro atoms. The van der Waals surface area contributed by atoms with Crippen molar-refractivity contribution < 1.29 is 14.3 Å². The van der Waals surface area contributed by atoms with Crippen molar-refractivity contribution in [2.75, 3.05) is 63.9 Å². The van der Waals surface area contributed by atoms with Gasteiger partial charge in [-0.3, -0.25) is 14.5 Å². The maximum Gasteiger partial charge on any atom is 0.242 e. The number of halogens is 2. The Balaban J connectivity index is 0.00000140. The van der Waals surface area contributed by atoms with Crippen LogP contribution < -0.4 is 10.2 Å². The van der Waals surface area contributed by atoms with E-state index in [4.69, 9.17) is 4.74 Å². The topological polar surface area (TPSA) is 65.1 Å². The van der Waals surface area contributed by atoms with Crippen molar-refractivity contribution in [1.82, 2.24) is 15.1 Å². The molecule has 28 heavy (non-hydrogen) atoms. The van der Waals surface area contributed by atoms with Crippen LogP contribution in [0.4, 0.5) is 5.69 Å². The number of anilines is 1. The minimum Gasteiger partial charge on any atom is -0.378 e. The number of carbonyl (C=O) groups excluding carboxylic acids is 2. The fraction of sp³-hybridized carbons (Fsp3) is 0.579. The first-order valence-electron chi connectivity index (χ1n) is 9.43. The van der Waals surface area contributed by atoms with Gasteiger partial charge in [0.05, 0.1) is 19.8 Å². The number of rotatable bonds is 3. The van der Waals surface area contributed by atoms with E-state index in [0.29, 0.717) is 32.8 Å². The number of morpholine rings is 1. The van der Waals surface area contributed by atoms with E-state index in [9.17, 15) is 9.59 Å². The Bertz CT molecular complexity index is 677. The van der Waals surface area contributed by atoms with Gasteiger partial charge in [-0.15, -0.1) is 24.8 Å². The number of fused-ring (bicyclic) bond motifs is 1. The van der Waals surface area contributed by atoms with Crippen LogP contribution >= 0.6 is 24.8 Å². The Morgan fingerprint density at radius 1 is 1.07 bits per heavy atom. The molecule has 0 bridgehead atoms. The van der Waals surface area contributed by atoms with E-state index in [0.717, 1.165) is 38.3 Å². The van der Waals surface area contributed by atoms with Crippen molar-refractivity contribution in [3.05, 3.63) is 29.8 Å². The highest BCUT2D eigenvalue weighted by atomic mass is 35.5. The van der Waals surface area contributed by atoms with Gasteiger partial charge in [0, 0.05) is 45.0 Å². The van der Waals surface area contributed by atoms with Crippen LogP contribution in [-0.4, -0.2) is 86.7 Å². The molecule has 3 aliphatic heterocycles. The maximum atomic E-state index is 12.7.